The van der Waals surface area contributed by atoms with Crippen molar-refractivity contribution in [1.29, 1.82) is 5.26 Å². The highest BCUT2D eigenvalue weighted by atomic mass is 32.2. The van der Waals surface area contributed by atoms with Crippen molar-refractivity contribution in [2.75, 3.05) is 46.3 Å². The van der Waals surface area contributed by atoms with Gasteiger partial charge in [0.1, 0.15) is 5.75 Å². The maximum absolute atomic E-state index is 14.7. The van der Waals surface area contributed by atoms with E-state index in [0.717, 1.165) is 62.7 Å². The van der Waals surface area contributed by atoms with Crippen molar-refractivity contribution in [3.05, 3.63) is 63.8 Å². The van der Waals surface area contributed by atoms with Crippen LogP contribution in [0.4, 0.5) is 17.6 Å². The van der Waals surface area contributed by atoms with E-state index < -0.39 is 35.0 Å². The van der Waals surface area contributed by atoms with Gasteiger partial charge >= 0.3 is 6.18 Å². The number of piperazine rings is 1. The van der Waals surface area contributed by atoms with Crippen LogP contribution in [0.1, 0.15) is 16.7 Å². The fourth-order valence-electron chi connectivity index (χ4n) is 3.75. The van der Waals surface area contributed by atoms with Crippen LogP contribution < -0.4 is 10.1 Å². The summed E-state index contributed by atoms with van der Waals surface area (Å²) in [7, 11) is 2.09. The summed E-state index contributed by atoms with van der Waals surface area (Å²) in [4.78, 5) is 21.2. The van der Waals surface area contributed by atoms with E-state index in [1.54, 1.807) is 6.07 Å². The standard InChI is InChI=1S/C25H23F4N5O2S/c1-33-8-10-34(11-9-33)7-6-31-24-32-23(35)22(37-24)14-16-2-5-21(19(26)13-16)36-20-4-3-17(15-30)12-18(20)25(27,28)29/h2-5,12-14H,6-11H2,1H3,(H,31,32,35)/b22-14+. The monoisotopic (exact) mass is 533 g/mol. The van der Waals surface area contributed by atoms with Crippen LogP contribution in [-0.4, -0.2) is 67.2 Å². The minimum atomic E-state index is -4.79. The van der Waals surface area contributed by atoms with Crippen LogP contribution in [0.5, 0.6) is 11.5 Å². The van der Waals surface area contributed by atoms with E-state index in [9.17, 15) is 22.4 Å². The molecule has 12 heteroatoms. The lowest BCUT2D eigenvalue weighted by molar-refractivity contribution is -0.138. The molecule has 1 fully saturated rings. The van der Waals surface area contributed by atoms with Gasteiger partial charge in [0.15, 0.2) is 16.7 Å². The molecule has 2 heterocycles. The molecule has 0 bridgehead atoms. The molecule has 1 N–H and O–H groups in total. The summed E-state index contributed by atoms with van der Waals surface area (Å²) in [5.74, 6) is -2.42. The molecule has 37 heavy (non-hydrogen) atoms. The molecule has 0 aliphatic carbocycles. The average molecular weight is 534 g/mol. The number of hydrogen-bond acceptors (Lipinski definition) is 7. The highest BCUT2D eigenvalue weighted by molar-refractivity contribution is 8.18. The molecule has 0 aromatic heterocycles. The molecule has 2 aliphatic heterocycles. The molecule has 0 atom stereocenters. The summed E-state index contributed by atoms with van der Waals surface area (Å²) in [6, 6.07) is 8.07. The first-order valence-corrected chi connectivity index (χ1v) is 12.2. The Hall–Kier alpha value is -3.40. The van der Waals surface area contributed by atoms with Gasteiger partial charge in [0, 0.05) is 39.3 Å². The van der Waals surface area contributed by atoms with Crippen LogP contribution in [0.15, 0.2) is 46.3 Å². The summed E-state index contributed by atoms with van der Waals surface area (Å²) in [6.45, 7) is 5.44. The van der Waals surface area contributed by atoms with Gasteiger partial charge in [-0.3, -0.25) is 9.69 Å². The average Bonchev–Trinajstić information content (AvgIpc) is 3.20. The molecule has 2 aliphatic rings. The number of hydrogen-bond donors (Lipinski definition) is 1. The summed E-state index contributed by atoms with van der Waals surface area (Å²) in [5, 5.41) is 12.5. The topological polar surface area (TPSA) is 81.0 Å². The van der Waals surface area contributed by atoms with Crippen molar-refractivity contribution in [2.24, 2.45) is 4.99 Å². The number of nitrogens with one attached hydrogen (secondary N) is 1. The van der Waals surface area contributed by atoms with Gasteiger partial charge in [0.25, 0.3) is 5.91 Å². The Bertz CT molecular complexity index is 1280. The fourth-order valence-corrected chi connectivity index (χ4v) is 4.59. The third kappa shape index (κ3) is 6.88. The number of aliphatic imine (C=N–C) groups is 1. The maximum Gasteiger partial charge on any atom is 0.420 e. The molecule has 0 radical (unpaired) electrons. The molecule has 194 valence electrons. The molecule has 0 saturated carbocycles. The zero-order valence-electron chi connectivity index (χ0n) is 19.8. The maximum atomic E-state index is 14.7. The quantitative estimate of drug-likeness (QED) is 0.438. The number of halogens is 4. The number of carbonyl (C=O) groups excluding carboxylic acids is 1. The van der Waals surface area contributed by atoms with E-state index in [1.165, 1.54) is 18.2 Å². The van der Waals surface area contributed by atoms with Crippen LogP contribution in [-0.2, 0) is 11.0 Å². The van der Waals surface area contributed by atoms with Crippen molar-refractivity contribution < 1.29 is 27.1 Å². The van der Waals surface area contributed by atoms with Gasteiger partial charge in [0.05, 0.1) is 22.1 Å². The second kappa shape index (κ2) is 11.3. The Labute approximate surface area is 215 Å². The molecule has 1 amide bonds. The van der Waals surface area contributed by atoms with Crippen LogP contribution in [0.25, 0.3) is 6.08 Å². The van der Waals surface area contributed by atoms with E-state index >= 15 is 0 Å². The molecule has 7 nitrogen and oxygen atoms in total. The SMILES string of the molecule is CN1CCN(CCNC2=NC(=O)/C(=C\c3ccc(Oc4ccc(C#N)cc4C(F)(F)F)c(F)c3)S2)CC1. The Morgan fingerprint density at radius 3 is 2.57 bits per heavy atom. The number of thioether (sulfide) groups is 1. The van der Waals surface area contributed by atoms with Crippen molar-refractivity contribution in [1.82, 2.24) is 15.1 Å². The molecule has 4 rings (SSSR count). The lowest BCUT2D eigenvalue weighted by atomic mass is 10.1. The minimum Gasteiger partial charge on any atom is -0.454 e. The minimum absolute atomic E-state index is 0.198. The van der Waals surface area contributed by atoms with Gasteiger partial charge in [-0.2, -0.15) is 23.4 Å². The molecule has 0 spiro atoms. The Morgan fingerprint density at radius 2 is 1.89 bits per heavy atom. The zero-order chi connectivity index (χ0) is 26.6. The van der Waals surface area contributed by atoms with Gasteiger partial charge in [-0.1, -0.05) is 6.07 Å². The predicted octanol–water partition coefficient (Wildman–Crippen LogP) is 4.32. The van der Waals surface area contributed by atoms with Crippen molar-refractivity contribution in [2.45, 2.75) is 6.18 Å². The third-order valence-electron chi connectivity index (χ3n) is 5.81. The lowest BCUT2D eigenvalue weighted by Crippen LogP contribution is -2.46. The smallest absolute Gasteiger partial charge is 0.420 e. The van der Waals surface area contributed by atoms with Gasteiger partial charge in [-0.05, 0) is 60.8 Å². The highest BCUT2D eigenvalue weighted by Crippen LogP contribution is 2.39. The fraction of sp³-hybridized carbons (Fsp3) is 0.320. The number of likely N-dealkylation sites (N-methyl/N-ethyl adjacent to an activating group) is 1. The number of benzene rings is 2. The Balaban J connectivity index is 1.38. The van der Waals surface area contributed by atoms with E-state index in [4.69, 9.17) is 10.00 Å². The van der Waals surface area contributed by atoms with Crippen molar-refractivity contribution in [3.8, 4) is 17.6 Å². The number of amides is 1. The van der Waals surface area contributed by atoms with Gasteiger partial charge in [-0.15, -0.1) is 0 Å². The van der Waals surface area contributed by atoms with Gasteiger partial charge < -0.3 is 15.0 Å². The summed E-state index contributed by atoms with van der Waals surface area (Å²) in [5.41, 5.74) is -1.06. The lowest BCUT2D eigenvalue weighted by Gasteiger charge is -2.32. The van der Waals surface area contributed by atoms with Gasteiger partial charge in [0.2, 0.25) is 0 Å². The molecule has 2 aromatic carbocycles. The van der Waals surface area contributed by atoms with Crippen LogP contribution in [0, 0.1) is 17.1 Å². The number of alkyl halides is 3. The normalized spacial score (nSPS) is 18.1. The van der Waals surface area contributed by atoms with Crippen molar-refractivity contribution >= 4 is 28.9 Å². The second-order valence-corrected chi connectivity index (χ2v) is 9.55. The molecule has 2 aromatic rings. The zero-order valence-corrected chi connectivity index (χ0v) is 20.6. The number of ether oxygens (including phenoxy) is 1. The first-order valence-electron chi connectivity index (χ1n) is 11.4. The highest BCUT2D eigenvalue weighted by Gasteiger charge is 2.35. The van der Waals surface area contributed by atoms with Crippen LogP contribution in [0.2, 0.25) is 0 Å². The Morgan fingerprint density at radius 1 is 1.16 bits per heavy atom. The number of rotatable bonds is 6. The van der Waals surface area contributed by atoms with Crippen molar-refractivity contribution in [3.63, 3.8) is 0 Å². The first kappa shape index (κ1) is 26.7. The summed E-state index contributed by atoms with van der Waals surface area (Å²) >= 11 is 1.14. The predicted molar refractivity (Wildman–Crippen MR) is 133 cm³/mol. The number of nitrogens with zero attached hydrogens (tertiary/aromatic N) is 4. The number of amidine groups is 1. The van der Waals surface area contributed by atoms with E-state index in [-0.39, 0.29) is 5.56 Å². The number of nitriles is 1. The molecular formula is C25H23F4N5O2S. The molecular weight excluding hydrogens is 510 g/mol. The summed E-state index contributed by atoms with van der Waals surface area (Å²) in [6.07, 6.45) is -3.33. The van der Waals surface area contributed by atoms with Gasteiger partial charge in [-0.25, -0.2) is 4.39 Å². The van der Waals surface area contributed by atoms with E-state index in [1.807, 2.05) is 0 Å². The van der Waals surface area contributed by atoms with E-state index in [0.29, 0.717) is 28.2 Å². The first-order chi connectivity index (χ1) is 17.6. The Kier molecular flexibility index (Phi) is 8.16. The van der Waals surface area contributed by atoms with Crippen LogP contribution >= 0.6 is 11.8 Å². The second-order valence-electron chi connectivity index (χ2n) is 8.52. The largest absolute Gasteiger partial charge is 0.454 e. The van der Waals surface area contributed by atoms with Crippen LogP contribution in [0.3, 0.4) is 0 Å². The molecule has 0 unspecified atom stereocenters. The molecule has 1 saturated heterocycles. The van der Waals surface area contributed by atoms with E-state index in [2.05, 4.69) is 27.2 Å². The third-order valence-corrected chi connectivity index (χ3v) is 6.75. The number of carbonyl (C=O) groups is 1. The summed E-state index contributed by atoms with van der Waals surface area (Å²) < 4.78 is 60.0.